The van der Waals surface area contributed by atoms with Crippen molar-refractivity contribution in [2.75, 3.05) is 26.0 Å². The molecule has 1 aliphatic rings. The van der Waals surface area contributed by atoms with Crippen molar-refractivity contribution in [3.05, 3.63) is 29.3 Å². The molecule has 1 aliphatic heterocycles. The van der Waals surface area contributed by atoms with Crippen LogP contribution < -0.4 is 10.5 Å². The van der Waals surface area contributed by atoms with Crippen LogP contribution in [0.2, 0.25) is 0 Å². The van der Waals surface area contributed by atoms with Gasteiger partial charge in [-0.05, 0) is 11.6 Å². The van der Waals surface area contributed by atoms with Gasteiger partial charge in [-0.3, -0.25) is 4.90 Å². The zero-order chi connectivity index (χ0) is 13.0. The van der Waals surface area contributed by atoms with Gasteiger partial charge in [0, 0.05) is 42.7 Å². The van der Waals surface area contributed by atoms with Gasteiger partial charge in [-0.1, -0.05) is 19.1 Å². The molecule has 4 heteroatoms. The fraction of sp³-hybridized carbons (Fsp3) is 0.571. The predicted molar refractivity (Wildman–Crippen MR) is 78.1 cm³/mol. The zero-order valence-corrected chi connectivity index (χ0v) is 12.0. The maximum atomic E-state index is 5.69. The van der Waals surface area contributed by atoms with Gasteiger partial charge >= 0.3 is 0 Å². The second-order valence-electron chi connectivity index (χ2n) is 4.77. The normalized spacial score (nSPS) is 20.9. The lowest BCUT2D eigenvalue weighted by Crippen LogP contribution is -2.36. The Morgan fingerprint density at radius 1 is 1.50 bits per heavy atom. The minimum Gasteiger partial charge on any atom is -0.496 e. The van der Waals surface area contributed by atoms with E-state index in [2.05, 4.69) is 41.8 Å². The van der Waals surface area contributed by atoms with Crippen LogP contribution in [0, 0.1) is 0 Å². The number of methoxy groups -OCH3 is 1. The number of hydrogen-bond donors (Lipinski definition) is 1. The van der Waals surface area contributed by atoms with Crippen LogP contribution in [0.15, 0.2) is 18.2 Å². The highest BCUT2D eigenvalue weighted by atomic mass is 32.2. The number of thioether (sulfide) groups is 1. The summed E-state index contributed by atoms with van der Waals surface area (Å²) in [6.07, 6.45) is 0. The lowest BCUT2D eigenvalue weighted by atomic mass is 10.1. The molecule has 0 aliphatic carbocycles. The SMILES string of the molecule is COc1cc(CN2CCSC(C)C2)ccc1CN. The monoisotopic (exact) mass is 266 g/mol. The molecule has 3 nitrogen and oxygen atoms in total. The molecule has 1 atom stereocenters. The van der Waals surface area contributed by atoms with Crippen molar-refractivity contribution in [3.63, 3.8) is 0 Å². The first-order valence-electron chi connectivity index (χ1n) is 6.42. The third-order valence-electron chi connectivity index (χ3n) is 3.30. The van der Waals surface area contributed by atoms with Crippen molar-refractivity contribution in [3.8, 4) is 5.75 Å². The largest absolute Gasteiger partial charge is 0.496 e. The fourth-order valence-electron chi connectivity index (χ4n) is 2.35. The molecule has 0 spiro atoms. The summed E-state index contributed by atoms with van der Waals surface area (Å²) in [5.74, 6) is 2.15. The Kier molecular flexibility index (Phi) is 4.92. The summed E-state index contributed by atoms with van der Waals surface area (Å²) in [5.41, 5.74) is 8.07. The Labute approximate surface area is 114 Å². The smallest absolute Gasteiger partial charge is 0.123 e. The van der Waals surface area contributed by atoms with Crippen LogP contribution in [0.3, 0.4) is 0 Å². The molecule has 1 aromatic rings. The van der Waals surface area contributed by atoms with Crippen LogP contribution in [0.4, 0.5) is 0 Å². The highest BCUT2D eigenvalue weighted by molar-refractivity contribution is 7.99. The van der Waals surface area contributed by atoms with Crippen molar-refractivity contribution in [1.29, 1.82) is 0 Å². The molecule has 1 aromatic carbocycles. The Hall–Kier alpha value is -0.710. The average Bonchev–Trinajstić information content (AvgIpc) is 2.38. The Balaban J connectivity index is 2.04. The van der Waals surface area contributed by atoms with Gasteiger partial charge in [-0.25, -0.2) is 0 Å². The molecule has 1 heterocycles. The van der Waals surface area contributed by atoms with Gasteiger partial charge < -0.3 is 10.5 Å². The Morgan fingerprint density at radius 2 is 2.33 bits per heavy atom. The molecule has 0 bridgehead atoms. The second-order valence-corrected chi connectivity index (χ2v) is 6.31. The first kappa shape index (κ1) is 13.7. The maximum absolute atomic E-state index is 5.69. The summed E-state index contributed by atoms with van der Waals surface area (Å²) in [6, 6.07) is 6.36. The molecule has 0 amide bonds. The van der Waals surface area contributed by atoms with E-state index >= 15 is 0 Å². The molecular weight excluding hydrogens is 244 g/mol. The van der Waals surface area contributed by atoms with E-state index in [0.29, 0.717) is 6.54 Å². The van der Waals surface area contributed by atoms with Crippen LogP contribution in [-0.2, 0) is 13.1 Å². The van der Waals surface area contributed by atoms with Crippen molar-refractivity contribution in [2.24, 2.45) is 5.73 Å². The quantitative estimate of drug-likeness (QED) is 0.905. The molecule has 0 saturated carbocycles. The van der Waals surface area contributed by atoms with Crippen molar-refractivity contribution in [1.82, 2.24) is 4.90 Å². The first-order valence-corrected chi connectivity index (χ1v) is 7.47. The summed E-state index contributed by atoms with van der Waals surface area (Å²) < 4.78 is 5.38. The van der Waals surface area contributed by atoms with Crippen LogP contribution in [0.5, 0.6) is 5.75 Å². The number of benzene rings is 1. The van der Waals surface area contributed by atoms with Gasteiger partial charge in [-0.15, -0.1) is 0 Å². The van der Waals surface area contributed by atoms with E-state index in [4.69, 9.17) is 10.5 Å². The van der Waals surface area contributed by atoms with Gasteiger partial charge in [0.1, 0.15) is 5.75 Å². The lowest BCUT2D eigenvalue weighted by Gasteiger charge is -2.30. The zero-order valence-electron chi connectivity index (χ0n) is 11.2. The van der Waals surface area contributed by atoms with Crippen molar-refractivity contribution in [2.45, 2.75) is 25.3 Å². The number of hydrogen-bond acceptors (Lipinski definition) is 4. The minimum atomic E-state index is 0.529. The predicted octanol–water partition coefficient (Wildman–Crippen LogP) is 2.09. The van der Waals surface area contributed by atoms with Gasteiger partial charge in [-0.2, -0.15) is 11.8 Å². The summed E-state index contributed by atoms with van der Waals surface area (Å²) in [5, 5.41) is 0.740. The number of nitrogens with zero attached hydrogens (tertiary/aromatic N) is 1. The van der Waals surface area contributed by atoms with Gasteiger partial charge in [0.05, 0.1) is 7.11 Å². The summed E-state index contributed by atoms with van der Waals surface area (Å²) >= 11 is 2.06. The Morgan fingerprint density at radius 3 is 3.00 bits per heavy atom. The van der Waals surface area contributed by atoms with Crippen LogP contribution in [-0.4, -0.2) is 36.1 Å². The molecule has 0 radical (unpaired) electrons. The molecule has 1 unspecified atom stereocenters. The third-order valence-corrected chi connectivity index (χ3v) is 4.44. The van der Waals surface area contributed by atoms with Gasteiger partial charge in [0.15, 0.2) is 0 Å². The van der Waals surface area contributed by atoms with E-state index in [1.165, 1.54) is 24.4 Å². The first-order chi connectivity index (χ1) is 8.72. The molecule has 0 aromatic heterocycles. The van der Waals surface area contributed by atoms with Crippen molar-refractivity contribution >= 4 is 11.8 Å². The number of nitrogens with two attached hydrogens (primary N) is 1. The minimum absolute atomic E-state index is 0.529. The van der Waals surface area contributed by atoms with Gasteiger partial charge in [0.2, 0.25) is 0 Å². The number of ether oxygens (including phenoxy) is 1. The average molecular weight is 266 g/mol. The molecule has 18 heavy (non-hydrogen) atoms. The highest BCUT2D eigenvalue weighted by Crippen LogP contribution is 2.23. The van der Waals surface area contributed by atoms with E-state index in [1.54, 1.807) is 7.11 Å². The molecule has 1 saturated heterocycles. The summed E-state index contributed by atoms with van der Waals surface area (Å²) in [7, 11) is 1.71. The van der Waals surface area contributed by atoms with E-state index < -0.39 is 0 Å². The maximum Gasteiger partial charge on any atom is 0.123 e. The van der Waals surface area contributed by atoms with Gasteiger partial charge in [0.25, 0.3) is 0 Å². The summed E-state index contributed by atoms with van der Waals surface area (Å²) in [4.78, 5) is 2.51. The van der Waals surface area contributed by atoms with Crippen molar-refractivity contribution < 1.29 is 4.74 Å². The van der Waals surface area contributed by atoms with E-state index in [1.807, 2.05) is 0 Å². The molecular formula is C14H22N2OS. The highest BCUT2D eigenvalue weighted by Gasteiger charge is 2.17. The lowest BCUT2D eigenvalue weighted by molar-refractivity contribution is 0.278. The molecule has 1 fully saturated rings. The molecule has 2 rings (SSSR count). The van der Waals surface area contributed by atoms with E-state index in [0.717, 1.165) is 23.1 Å². The third kappa shape index (κ3) is 3.40. The molecule has 100 valence electrons. The standard InChI is InChI=1S/C14H22N2OS/c1-11-9-16(5-6-18-11)10-12-3-4-13(8-15)14(7-12)17-2/h3-4,7,11H,5-6,8-10,15H2,1-2H3. The van der Waals surface area contributed by atoms with Crippen LogP contribution in [0.25, 0.3) is 0 Å². The number of rotatable bonds is 4. The molecule has 2 N–H and O–H groups in total. The summed E-state index contributed by atoms with van der Waals surface area (Å²) in [6.45, 7) is 6.18. The van der Waals surface area contributed by atoms with E-state index in [9.17, 15) is 0 Å². The fourth-order valence-corrected chi connectivity index (χ4v) is 3.43. The van der Waals surface area contributed by atoms with E-state index in [-0.39, 0.29) is 0 Å². The van der Waals surface area contributed by atoms with Crippen LogP contribution in [0.1, 0.15) is 18.1 Å². The Bertz CT molecular complexity index is 397. The van der Waals surface area contributed by atoms with Crippen LogP contribution >= 0.6 is 11.8 Å². The second kappa shape index (κ2) is 6.45. The topological polar surface area (TPSA) is 38.5 Å².